The first-order valence-corrected chi connectivity index (χ1v) is 6.76. The van der Waals surface area contributed by atoms with Crippen molar-refractivity contribution in [3.05, 3.63) is 35.4 Å². The van der Waals surface area contributed by atoms with E-state index in [2.05, 4.69) is 52.1 Å². The first kappa shape index (κ1) is 15.2. The summed E-state index contributed by atoms with van der Waals surface area (Å²) in [7, 11) is 0. The van der Waals surface area contributed by atoms with Crippen molar-refractivity contribution in [3.63, 3.8) is 0 Å². The average Bonchev–Trinajstić information content (AvgIpc) is 2.26. The summed E-state index contributed by atoms with van der Waals surface area (Å²) in [5.41, 5.74) is 2.43. The van der Waals surface area contributed by atoms with Crippen LogP contribution >= 0.6 is 0 Å². The van der Waals surface area contributed by atoms with Gasteiger partial charge in [0, 0.05) is 12.1 Å². The second-order valence-corrected chi connectivity index (χ2v) is 6.43. The normalized spacial score (nSPS) is 15.8. The third-order valence-corrected chi connectivity index (χ3v) is 3.19. The van der Waals surface area contributed by atoms with Crippen molar-refractivity contribution in [1.82, 2.24) is 5.32 Å². The summed E-state index contributed by atoms with van der Waals surface area (Å²) in [5.74, 6) is 0. The molecule has 2 nitrogen and oxygen atoms in total. The fraction of sp³-hybridized carbons (Fsp3) is 0.625. The summed E-state index contributed by atoms with van der Waals surface area (Å²) in [6.07, 6.45) is -0.457. The predicted octanol–water partition coefficient (Wildman–Crippen LogP) is 3.40. The molecular formula is C16H27NO. The first-order valence-electron chi connectivity index (χ1n) is 6.76. The molecule has 1 aromatic rings. The molecule has 0 aromatic heterocycles. The SMILES string of the molecule is CC(C)NC(C)C(O)c1ccc(C(C)(C)C)cc1. The van der Waals surface area contributed by atoms with Crippen LogP contribution in [-0.2, 0) is 5.41 Å². The molecule has 2 unspecified atom stereocenters. The molecule has 0 radical (unpaired) electrons. The molecule has 102 valence electrons. The topological polar surface area (TPSA) is 32.3 Å². The Labute approximate surface area is 111 Å². The number of rotatable bonds is 4. The van der Waals surface area contributed by atoms with Gasteiger partial charge in [-0.25, -0.2) is 0 Å². The highest BCUT2D eigenvalue weighted by Crippen LogP contribution is 2.25. The molecule has 1 rings (SSSR count). The van der Waals surface area contributed by atoms with Gasteiger partial charge in [-0.15, -0.1) is 0 Å². The average molecular weight is 249 g/mol. The maximum atomic E-state index is 10.3. The Morgan fingerprint density at radius 1 is 1.00 bits per heavy atom. The Balaban J connectivity index is 2.79. The molecule has 0 aliphatic rings. The van der Waals surface area contributed by atoms with Crippen molar-refractivity contribution in [1.29, 1.82) is 0 Å². The molecule has 0 aliphatic heterocycles. The van der Waals surface area contributed by atoms with Crippen LogP contribution in [0.15, 0.2) is 24.3 Å². The van der Waals surface area contributed by atoms with Gasteiger partial charge in [-0.3, -0.25) is 0 Å². The molecule has 0 amide bonds. The minimum Gasteiger partial charge on any atom is -0.387 e. The molecular weight excluding hydrogens is 222 g/mol. The van der Waals surface area contributed by atoms with Crippen LogP contribution in [0.25, 0.3) is 0 Å². The van der Waals surface area contributed by atoms with E-state index in [1.54, 1.807) is 0 Å². The summed E-state index contributed by atoms with van der Waals surface area (Å²) in [6.45, 7) is 12.8. The Hall–Kier alpha value is -0.860. The van der Waals surface area contributed by atoms with E-state index in [4.69, 9.17) is 0 Å². The van der Waals surface area contributed by atoms with Crippen molar-refractivity contribution < 1.29 is 5.11 Å². The van der Waals surface area contributed by atoms with Crippen LogP contribution in [0.3, 0.4) is 0 Å². The van der Waals surface area contributed by atoms with E-state index in [-0.39, 0.29) is 11.5 Å². The highest BCUT2D eigenvalue weighted by atomic mass is 16.3. The summed E-state index contributed by atoms with van der Waals surface area (Å²) >= 11 is 0. The molecule has 0 heterocycles. The van der Waals surface area contributed by atoms with E-state index in [0.29, 0.717) is 6.04 Å². The van der Waals surface area contributed by atoms with E-state index in [9.17, 15) is 5.11 Å². The molecule has 0 spiro atoms. The van der Waals surface area contributed by atoms with Gasteiger partial charge in [0.25, 0.3) is 0 Å². The summed E-state index contributed by atoms with van der Waals surface area (Å²) < 4.78 is 0. The highest BCUT2D eigenvalue weighted by Gasteiger charge is 2.18. The van der Waals surface area contributed by atoms with Gasteiger partial charge in [0.1, 0.15) is 0 Å². The number of aliphatic hydroxyl groups excluding tert-OH is 1. The molecule has 0 fully saturated rings. The lowest BCUT2D eigenvalue weighted by Gasteiger charge is -2.24. The van der Waals surface area contributed by atoms with E-state index in [1.165, 1.54) is 5.56 Å². The third-order valence-electron chi connectivity index (χ3n) is 3.19. The van der Waals surface area contributed by atoms with Gasteiger partial charge >= 0.3 is 0 Å². The fourth-order valence-corrected chi connectivity index (χ4v) is 2.09. The number of nitrogens with one attached hydrogen (secondary N) is 1. The van der Waals surface area contributed by atoms with Crippen LogP contribution in [0.2, 0.25) is 0 Å². The number of benzene rings is 1. The molecule has 2 N–H and O–H groups in total. The molecule has 18 heavy (non-hydrogen) atoms. The van der Waals surface area contributed by atoms with E-state index in [1.807, 2.05) is 19.1 Å². The van der Waals surface area contributed by atoms with Crippen LogP contribution < -0.4 is 5.32 Å². The van der Waals surface area contributed by atoms with Crippen molar-refractivity contribution in [2.45, 2.75) is 65.1 Å². The quantitative estimate of drug-likeness (QED) is 0.857. The number of hydrogen-bond acceptors (Lipinski definition) is 2. The largest absolute Gasteiger partial charge is 0.387 e. The number of hydrogen-bond donors (Lipinski definition) is 2. The van der Waals surface area contributed by atoms with Crippen LogP contribution in [0.1, 0.15) is 58.8 Å². The highest BCUT2D eigenvalue weighted by molar-refractivity contribution is 5.29. The maximum absolute atomic E-state index is 10.3. The second-order valence-electron chi connectivity index (χ2n) is 6.43. The van der Waals surface area contributed by atoms with Gasteiger partial charge in [-0.2, -0.15) is 0 Å². The van der Waals surface area contributed by atoms with Crippen LogP contribution in [0, 0.1) is 0 Å². The summed E-state index contributed by atoms with van der Waals surface area (Å²) in [5, 5.41) is 13.6. The summed E-state index contributed by atoms with van der Waals surface area (Å²) in [4.78, 5) is 0. The third kappa shape index (κ3) is 4.11. The minimum atomic E-state index is -0.457. The van der Waals surface area contributed by atoms with E-state index < -0.39 is 6.10 Å². The monoisotopic (exact) mass is 249 g/mol. The van der Waals surface area contributed by atoms with Crippen LogP contribution in [0.5, 0.6) is 0 Å². The Morgan fingerprint density at radius 2 is 1.50 bits per heavy atom. The molecule has 0 aliphatic carbocycles. The molecule has 1 aromatic carbocycles. The van der Waals surface area contributed by atoms with Crippen LogP contribution in [0.4, 0.5) is 0 Å². The van der Waals surface area contributed by atoms with E-state index in [0.717, 1.165) is 5.56 Å². The van der Waals surface area contributed by atoms with E-state index >= 15 is 0 Å². The van der Waals surface area contributed by atoms with Crippen LogP contribution in [-0.4, -0.2) is 17.2 Å². The van der Waals surface area contributed by atoms with Crippen molar-refractivity contribution >= 4 is 0 Å². The molecule has 0 bridgehead atoms. The van der Waals surface area contributed by atoms with Gasteiger partial charge in [0.2, 0.25) is 0 Å². The lowest BCUT2D eigenvalue weighted by Crippen LogP contribution is -2.36. The van der Waals surface area contributed by atoms with Gasteiger partial charge < -0.3 is 10.4 Å². The predicted molar refractivity (Wildman–Crippen MR) is 77.8 cm³/mol. The first-order chi connectivity index (χ1) is 8.21. The Bertz CT molecular complexity index is 362. The number of aliphatic hydroxyl groups is 1. The molecule has 2 atom stereocenters. The molecule has 2 heteroatoms. The van der Waals surface area contributed by atoms with Crippen molar-refractivity contribution in [3.8, 4) is 0 Å². The maximum Gasteiger partial charge on any atom is 0.0940 e. The van der Waals surface area contributed by atoms with Gasteiger partial charge in [0.05, 0.1) is 6.10 Å². The second kappa shape index (κ2) is 5.85. The lowest BCUT2D eigenvalue weighted by atomic mass is 9.86. The Kier molecular flexibility index (Phi) is 4.94. The van der Waals surface area contributed by atoms with Crippen molar-refractivity contribution in [2.24, 2.45) is 0 Å². The fourth-order valence-electron chi connectivity index (χ4n) is 2.09. The minimum absolute atomic E-state index is 0.0606. The van der Waals surface area contributed by atoms with Gasteiger partial charge in [-0.05, 0) is 23.5 Å². The van der Waals surface area contributed by atoms with Gasteiger partial charge in [-0.1, -0.05) is 58.9 Å². The smallest absolute Gasteiger partial charge is 0.0940 e. The standard InChI is InChI=1S/C16H27NO/c1-11(2)17-12(3)15(18)13-7-9-14(10-8-13)16(4,5)6/h7-12,15,17-18H,1-6H3. The zero-order valence-electron chi connectivity index (χ0n) is 12.5. The van der Waals surface area contributed by atoms with Gasteiger partial charge in [0.15, 0.2) is 0 Å². The van der Waals surface area contributed by atoms with Crippen molar-refractivity contribution in [2.75, 3.05) is 0 Å². The molecule has 0 saturated carbocycles. The lowest BCUT2D eigenvalue weighted by molar-refractivity contribution is 0.131. The zero-order chi connectivity index (χ0) is 13.9. The molecule has 0 saturated heterocycles. The Morgan fingerprint density at radius 3 is 1.89 bits per heavy atom. The summed E-state index contributed by atoms with van der Waals surface area (Å²) in [6, 6.07) is 8.73. The zero-order valence-corrected chi connectivity index (χ0v) is 12.5.